The van der Waals surface area contributed by atoms with Crippen LogP contribution in [0.4, 0.5) is 0 Å². The molecule has 0 atom stereocenters. The quantitative estimate of drug-likeness (QED) is 0.367. The Morgan fingerprint density at radius 3 is 2.17 bits per heavy atom. The van der Waals surface area contributed by atoms with Gasteiger partial charge in [-0.3, -0.25) is 4.79 Å². The minimum absolute atomic E-state index is 0.00555. The Kier molecular flexibility index (Phi) is 4.82. The topological polar surface area (TPSA) is 17.1 Å². The fraction of sp³-hybridized carbons (Fsp3) is 0.462. The van der Waals surface area contributed by atoms with Gasteiger partial charge in [-0.1, -0.05) is 65.7 Å². The van der Waals surface area contributed by atoms with Crippen LogP contribution >= 0.6 is 46.4 Å². The molecule has 0 radical (unpaired) electrons. The Balaban J connectivity index is 2.38. The van der Waals surface area contributed by atoms with Crippen LogP contribution in [0.5, 0.6) is 0 Å². The highest BCUT2D eigenvalue weighted by atomic mass is 35.5. The molecule has 1 aliphatic carbocycles. The van der Waals surface area contributed by atoms with Gasteiger partial charge in [0.1, 0.15) is 0 Å². The second-order valence-electron chi connectivity index (χ2n) is 4.54. The van der Waals surface area contributed by atoms with Crippen LogP contribution in [0.1, 0.15) is 42.5 Å². The minimum Gasteiger partial charge on any atom is -0.294 e. The predicted molar refractivity (Wildman–Crippen MR) is 77.4 cm³/mol. The van der Waals surface area contributed by atoms with E-state index in [9.17, 15) is 4.79 Å². The lowest BCUT2D eigenvalue weighted by Gasteiger charge is -2.21. The van der Waals surface area contributed by atoms with E-state index >= 15 is 0 Å². The van der Waals surface area contributed by atoms with Gasteiger partial charge in [0.05, 0.1) is 25.7 Å². The predicted octanol–water partition coefficient (Wildman–Crippen LogP) is 6.06. The van der Waals surface area contributed by atoms with Crippen molar-refractivity contribution in [3.05, 3.63) is 31.7 Å². The molecule has 2 rings (SSSR count). The molecule has 0 unspecified atom stereocenters. The highest BCUT2D eigenvalue weighted by molar-refractivity contribution is 6.51. The van der Waals surface area contributed by atoms with Gasteiger partial charge < -0.3 is 0 Å². The molecule has 1 aromatic rings. The third kappa shape index (κ3) is 2.80. The molecular weight excluding hydrogens is 314 g/mol. The van der Waals surface area contributed by atoms with Crippen molar-refractivity contribution in [1.82, 2.24) is 0 Å². The summed E-state index contributed by atoms with van der Waals surface area (Å²) in [4.78, 5) is 12.4. The van der Waals surface area contributed by atoms with E-state index in [0.29, 0.717) is 5.56 Å². The summed E-state index contributed by atoms with van der Waals surface area (Å²) >= 11 is 24.0. The van der Waals surface area contributed by atoms with Crippen molar-refractivity contribution in [2.24, 2.45) is 5.92 Å². The summed E-state index contributed by atoms with van der Waals surface area (Å²) in [5.74, 6) is -0.00532. The number of rotatable bonds is 2. The van der Waals surface area contributed by atoms with Crippen molar-refractivity contribution in [2.75, 3.05) is 0 Å². The number of carbonyl (C=O) groups is 1. The molecule has 0 bridgehead atoms. The van der Waals surface area contributed by atoms with E-state index < -0.39 is 0 Å². The van der Waals surface area contributed by atoms with E-state index in [1.807, 2.05) is 0 Å². The first-order chi connectivity index (χ1) is 8.52. The normalized spacial score (nSPS) is 16.9. The molecule has 98 valence electrons. The first-order valence-corrected chi connectivity index (χ1v) is 7.40. The maximum atomic E-state index is 12.4. The first kappa shape index (κ1) is 14.5. The zero-order valence-electron chi connectivity index (χ0n) is 9.61. The average Bonchev–Trinajstić information content (AvgIpc) is 2.37. The van der Waals surface area contributed by atoms with Gasteiger partial charge in [0.2, 0.25) is 0 Å². The maximum absolute atomic E-state index is 12.4. The van der Waals surface area contributed by atoms with Crippen molar-refractivity contribution in [3.63, 3.8) is 0 Å². The zero-order valence-corrected chi connectivity index (χ0v) is 12.6. The summed E-state index contributed by atoms with van der Waals surface area (Å²) in [5, 5.41) is 0.920. The second-order valence-corrected chi connectivity index (χ2v) is 6.11. The third-order valence-electron chi connectivity index (χ3n) is 3.34. The summed E-state index contributed by atoms with van der Waals surface area (Å²) in [6.07, 6.45) is 5.13. The summed E-state index contributed by atoms with van der Waals surface area (Å²) < 4.78 is 0. The van der Waals surface area contributed by atoms with Gasteiger partial charge in [0.15, 0.2) is 5.78 Å². The van der Waals surface area contributed by atoms with Crippen molar-refractivity contribution in [3.8, 4) is 0 Å². The summed E-state index contributed by atoms with van der Waals surface area (Å²) in [6, 6.07) is 1.48. The third-order valence-corrected chi connectivity index (χ3v) is 4.90. The summed E-state index contributed by atoms with van der Waals surface area (Å²) in [5.41, 5.74) is 0.319. The fourth-order valence-electron chi connectivity index (χ4n) is 2.36. The molecular formula is C13H12Cl4O. The van der Waals surface area contributed by atoms with Gasteiger partial charge in [-0.2, -0.15) is 0 Å². The van der Waals surface area contributed by atoms with E-state index in [-0.39, 0.29) is 31.8 Å². The molecule has 0 aromatic heterocycles. The van der Waals surface area contributed by atoms with Crippen LogP contribution in [0.2, 0.25) is 20.1 Å². The van der Waals surface area contributed by atoms with Gasteiger partial charge in [0.25, 0.3) is 0 Å². The van der Waals surface area contributed by atoms with E-state index in [1.165, 1.54) is 12.5 Å². The Labute approximate surface area is 126 Å². The van der Waals surface area contributed by atoms with Crippen LogP contribution in [0.15, 0.2) is 6.07 Å². The smallest absolute Gasteiger partial charge is 0.168 e. The van der Waals surface area contributed by atoms with Gasteiger partial charge in [-0.25, -0.2) is 0 Å². The fourth-order valence-corrected chi connectivity index (χ4v) is 3.46. The van der Waals surface area contributed by atoms with Crippen LogP contribution in [-0.2, 0) is 0 Å². The Bertz CT molecular complexity index is 478. The molecule has 1 nitrogen and oxygen atoms in total. The number of Topliss-reactive ketones (excluding diaryl/α,β-unsaturated/α-hetero) is 1. The molecule has 18 heavy (non-hydrogen) atoms. The number of hydrogen-bond donors (Lipinski definition) is 0. The van der Waals surface area contributed by atoms with Crippen LogP contribution in [0, 0.1) is 5.92 Å². The van der Waals surface area contributed by atoms with Crippen LogP contribution in [-0.4, -0.2) is 5.78 Å². The van der Waals surface area contributed by atoms with Crippen molar-refractivity contribution in [1.29, 1.82) is 0 Å². The van der Waals surface area contributed by atoms with Crippen molar-refractivity contribution >= 4 is 52.2 Å². The lowest BCUT2D eigenvalue weighted by molar-refractivity contribution is 0.0890. The standard InChI is InChI=1S/C13H12Cl4O/c14-8-6-9(15)11(16)12(17)10(8)13(18)7-4-2-1-3-5-7/h6-7H,1-5H2. The van der Waals surface area contributed by atoms with Crippen LogP contribution in [0.3, 0.4) is 0 Å². The minimum atomic E-state index is -0.0109. The summed E-state index contributed by atoms with van der Waals surface area (Å²) in [7, 11) is 0. The zero-order chi connectivity index (χ0) is 13.3. The molecule has 0 heterocycles. The largest absolute Gasteiger partial charge is 0.294 e. The number of hydrogen-bond acceptors (Lipinski definition) is 1. The molecule has 0 spiro atoms. The number of benzene rings is 1. The Morgan fingerprint density at radius 1 is 0.944 bits per heavy atom. The lowest BCUT2D eigenvalue weighted by atomic mass is 9.84. The maximum Gasteiger partial charge on any atom is 0.168 e. The van der Waals surface area contributed by atoms with Crippen LogP contribution < -0.4 is 0 Å². The van der Waals surface area contributed by atoms with Gasteiger partial charge >= 0.3 is 0 Å². The van der Waals surface area contributed by atoms with Gasteiger partial charge in [-0.15, -0.1) is 0 Å². The SMILES string of the molecule is O=C(c1c(Cl)cc(Cl)c(Cl)c1Cl)C1CCCCC1. The molecule has 1 fully saturated rings. The van der Waals surface area contributed by atoms with Crippen molar-refractivity contribution < 1.29 is 4.79 Å². The van der Waals surface area contributed by atoms with Gasteiger partial charge in [-0.05, 0) is 18.9 Å². The molecule has 1 aromatic carbocycles. The molecule has 1 aliphatic rings. The first-order valence-electron chi connectivity index (χ1n) is 5.89. The molecule has 0 saturated heterocycles. The van der Waals surface area contributed by atoms with E-state index in [1.54, 1.807) is 0 Å². The Morgan fingerprint density at radius 2 is 1.56 bits per heavy atom. The molecule has 0 N–H and O–H groups in total. The van der Waals surface area contributed by atoms with Gasteiger partial charge in [0, 0.05) is 5.92 Å². The molecule has 0 amide bonds. The monoisotopic (exact) mass is 324 g/mol. The number of halogens is 4. The molecule has 5 heteroatoms. The highest BCUT2D eigenvalue weighted by Gasteiger charge is 2.27. The number of ketones is 1. The number of carbonyl (C=O) groups excluding carboxylic acids is 1. The van der Waals surface area contributed by atoms with Crippen LogP contribution in [0.25, 0.3) is 0 Å². The van der Waals surface area contributed by atoms with E-state index in [2.05, 4.69) is 0 Å². The lowest BCUT2D eigenvalue weighted by Crippen LogP contribution is -2.18. The molecule has 0 aliphatic heterocycles. The second kappa shape index (κ2) is 6.00. The van der Waals surface area contributed by atoms with Crippen molar-refractivity contribution in [2.45, 2.75) is 32.1 Å². The Hall–Kier alpha value is 0.0500. The summed E-state index contributed by atoms with van der Waals surface area (Å²) in [6.45, 7) is 0. The van der Waals surface area contributed by atoms with E-state index in [4.69, 9.17) is 46.4 Å². The molecule has 1 saturated carbocycles. The average molecular weight is 326 g/mol. The van der Waals surface area contributed by atoms with E-state index in [0.717, 1.165) is 25.7 Å². The highest BCUT2D eigenvalue weighted by Crippen LogP contribution is 2.40.